The Morgan fingerprint density at radius 3 is 2.00 bits per heavy atom. The van der Waals surface area contributed by atoms with Gasteiger partial charge in [-0.1, -0.05) is 68.4 Å². The zero-order valence-corrected chi connectivity index (χ0v) is 17.4. The summed E-state index contributed by atoms with van der Waals surface area (Å²) < 4.78 is 10.6. The highest BCUT2D eigenvalue weighted by Crippen LogP contribution is 2.30. The first kappa shape index (κ1) is 21.3. The molecule has 0 N–H and O–H groups in total. The summed E-state index contributed by atoms with van der Waals surface area (Å²) in [5, 5.41) is 0. The van der Waals surface area contributed by atoms with Gasteiger partial charge in [-0.15, -0.1) is 0 Å². The van der Waals surface area contributed by atoms with Gasteiger partial charge in [-0.25, -0.2) is 9.59 Å². The van der Waals surface area contributed by atoms with E-state index < -0.39 is 11.9 Å². The summed E-state index contributed by atoms with van der Waals surface area (Å²) in [5.74, 6) is -0.881. The van der Waals surface area contributed by atoms with E-state index in [-0.39, 0.29) is 0 Å². The molecule has 0 aliphatic rings. The lowest BCUT2D eigenvalue weighted by atomic mass is 9.94. The average molecular weight is 402 g/mol. The molecule has 0 unspecified atom stereocenters. The van der Waals surface area contributed by atoms with E-state index >= 15 is 0 Å². The number of carbonyl (C=O) groups excluding carboxylic acids is 2. The van der Waals surface area contributed by atoms with Crippen LogP contribution in [0.1, 0.15) is 47.4 Å². The monoisotopic (exact) mass is 402 g/mol. The van der Waals surface area contributed by atoms with Crippen molar-refractivity contribution in [3.63, 3.8) is 0 Å². The average Bonchev–Trinajstić information content (AvgIpc) is 2.81. The van der Waals surface area contributed by atoms with Gasteiger partial charge in [0.05, 0.1) is 24.3 Å². The molecule has 3 aromatic rings. The summed E-state index contributed by atoms with van der Waals surface area (Å²) >= 11 is 0. The normalized spacial score (nSPS) is 10.5. The fourth-order valence-corrected chi connectivity index (χ4v) is 3.14. The predicted molar refractivity (Wildman–Crippen MR) is 118 cm³/mol. The van der Waals surface area contributed by atoms with Gasteiger partial charge in [-0.2, -0.15) is 0 Å². The van der Waals surface area contributed by atoms with E-state index in [0.29, 0.717) is 24.3 Å². The van der Waals surface area contributed by atoms with E-state index in [1.807, 2.05) is 68.4 Å². The van der Waals surface area contributed by atoms with E-state index in [4.69, 9.17) is 9.47 Å². The summed E-state index contributed by atoms with van der Waals surface area (Å²) in [6.45, 7) is 4.54. The van der Waals surface area contributed by atoms with Crippen LogP contribution < -0.4 is 0 Å². The molecule has 0 amide bonds. The van der Waals surface area contributed by atoms with Gasteiger partial charge in [0, 0.05) is 0 Å². The quantitative estimate of drug-likeness (QED) is 0.424. The Kier molecular flexibility index (Phi) is 7.39. The molecule has 0 fully saturated rings. The van der Waals surface area contributed by atoms with Crippen molar-refractivity contribution in [2.24, 2.45) is 0 Å². The lowest BCUT2D eigenvalue weighted by molar-refractivity contribution is 0.0504. The fourth-order valence-electron chi connectivity index (χ4n) is 3.14. The van der Waals surface area contributed by atoms with Gasteiger partial charge < -0.3 is 9.47 Å². The van der Waals surface area contributed by atoms with Crippen LogP contribution in [-0.2, 0) is 9.47 Å². The summed E-state index contributed by atoms with van der Waals surface area (Å²) in [6.07, 6.45) is 1.46. The molecular formula is C26H26O4. The molecule has 154 valence electrons. The third-order valence-electron chi connectivity index (χ3n) is 4.63. The number of carbonyl (C=O) groups is 2. The Balaban J connectivity index is 2.03. The number of hydrogen-bond acceptors (Lipinski definition) is 4. The molecule has 0 saturated carbocycles. The Morgan fingerprint density at radius 2 is 1.30 bits per heavy atom. The number of rotatable bonds is 8. The topological polar surface area (TPSA) is 52.6 Å². The second-order valence-electron chi connectivity index (χ2n) is 6.98. The van der Waals surface area contributed by atoms with Crippen LogP contribution in [0.4, 0.5) is 0 Å². The maximum Gasteiger partial charge on any atom is 0.338 e. The molecular weight excluding hydrogens is 376 g/mol. The molecule has 0 bridgehead atoms. The molecule has 0 spiro atoms. The van der Waals surface area contributed by atoms with E-state index in [9.17, 15) is 9.59 Å². The lowest BCUT2D eigenvalue weighted by Gasteiger charge is -2.13. The minimum Gasteiger partial charge on any atom is -0.462 e. The smallest absolute Gasteiger partial charge is 0.338 e. The Labute approximate surface area is 177 Å². The molecule has 3 rings (SSSR count). The third-order valence-corrected chi connectivity index (χ3v) is 4.63. The molecule has 30 heavy (non-hydrogen) atoms. The standard InChI is InChI=1S/C26H26O4/c1-3-15-29-25(27)22-13-14-23(24(18-22)26(28)30-16-4-2)21-12-8-11-20(17-21)19-9-6-5-7-10-19/h5-14,17-18H,3-4,15-16H2,1-2H3. The fraction of sp³-hybridized carbons (Fsp3) is 0.231. The molecule has 0 atom stereocenters. The Hall–Kier alpha value is -3.40. The van der Waals surface area contributed by atoms with Crippen molar-refractivity contribution in [1.29, 1.82) is 0 Å². The molecule has 4 heteroatoms. The number of benzene rings is 3. The Morgan fingerprint density at radius 1 is 0.667 bits per heavy atom. The zero-order chi connectivity index (χ0) is 21.3. The highest BCUT2D eigenvalue weighted by atomic mass is 16.5. The number of hydrogen-bond donors (Lipinski definition) is 0. The van der Waals surface area contributed by atoms with Gasteiger partial charge in [0.15, 0.2) is 0 Å². The predicted octanol–water partition coefficient (Wildman–Crippen LogP) is 6.15. The van der Waals surface area contributed by atoms with Gasteiger partial charge >= 0.3 is 11.9 Å². The van der Waals surface area contributed by atoms with Crippen LogP contribution in [0.15, 0.2) is 72.8 Å². The van der Waals surface area contributed by atoms with Crippen molar-refractivity contribution < 1.29 is 19.1 Å². The molecule has 0 radical (unpaired) electrons. The molecule has 0 aliphatic heterocycles. The van der Waals surface area contributed by atoms with Crippen molar-refractivity contribution in [3.05, 3.63) is 83.9 Å². The van der Waals surface area contributed by atoms with Crippen LogP contribution in [0.2, 0.25) is 0 Å². The van der Waals surface area contributed by atoms with E-state index in [2.05, 4.69) is 0 Å². The molecule has 0 aromatic heterocycles. The molecule has 0 heterocycles. The molecule has 4 nitrogen and oxygen atoms in total. The van der Waals surface area contributed by atoms with Gasteiger partial charge in [0.1, 0.15) is 0 Å². The zero-order valence-electron chi connectivity index (χ0n) is 17.4. The first-order valence-corrected chi connectivity index (χ1v) is 10.3. The first-order valence-electron chi connectivity index (χ1n) is 10.3. The van der Waals surface area contributed by atoms with Crippen LogP contribution in [-0.4, -0.2) is 25.2 Å². The second kappa shape index (κ2) is 10.4. The van der Waals surface area contributed by atoms with Crippen molar-refractivity contribution in [2.45, 2.75) is 26.7 Å². The van der Waals surface area contributed by atoms with Crippen molar-refractivity contribution in [3.8, 4) is 22.3 Å². The van der Waals surface area contributed by atoms with Crippen LogP contribution in [0.5, 0.6) is 0 Å². The van der Waals surface area contributed by atoms with E-state index in [0.717, 1.165) is 35.1 Å². The maximum absolute atomic E-state index is 12.8. The first-order chi connectivity index (χ1) is 14.6. The van der Waals surface area contributed by atoms with Crippen molar-refractivity contribution in [2.75, 3.05) is 13.2 Å². The molecule has 0 saturated heterocycles. The SMILES string of the molecule is CCCOC(=O)c1ccc(-c2cccc(-c3ccccc3)c2)c(C(=O)OCCC)c1. The highest BCUT2D eigenvalue weighted by Gasteiger charge is 2.18. The van der Waals surface area contributed by atoms with Crippen molar-refractivity contribution >= 4 is 11.9 Å². The van der Waals surface area contributed by atoms with Crippen LogP contribution in [0.25, 0.3) is 22.3 Å². The van der Waals surface area contributed by atoms with Gasteiger partial charge in [-0.3, -0.25) is 0 Å². The minimum absolute atomic E-state index is 0.326. The summed E-state index contributed by atoms with van der Waals surface area (Å²) in [6, 6.07) is 23.1. The van der Waals surface area contributed by atoms with E-state index in [1.165, 1.54) is 0 Å². The minimum atomic E-state index is -0.442. The largest absolute Gasteiger partial charge is 0.462 e. The van der Waals surface area contributed by atoms with Gasteiger partial charge in [0.2, 0.25) is 0 Å². The summed E-state index contributed by atoms with van der Waals surface area (Å²) in [5.41, 5.74) is 4.45. The Bertz CT molecular complexity index is 1010. The highest BCUT2D eigenvalue weighted by molar-refractivity contribution is 6.01. The van der Waals surface area contributed by atoms with Crippen LogP contribution >= 0.6 is 0 Å². The maximum atomic E-state index is 12.8. The van der Waals surface area contributed by atoms with Gasteiger partial charge in [0.25, 0.3) is 0 Å². The second-order valence-corrected chi connectivity index (χ2v) is 6.98. The molecule has 3 aromatic carbocycles. The van der Waals surface area contributed by atoms with Crippen LogP contribution in [0.3, 0.4) is 0 Å². The molecule has 0 aliphatic carbocycles. The van der Waals surface area contributed by atoms with E-state index in [1.54, 1.807) is 18.2 Å². The number of esters is 2. The lowest BCUT2D eigenvalue weighted by Crippen LogP contribution is -2.11. The number of ether oxygens (including phenoxy) is 2. The summed E-state index contributed by atoms with van der Waals surface area (Å²) in [7, 11) is 0. The van der Waals surface area contributed by atoms with Crippen molar-refractivity contribution in [1.82, 2.24) is 0 Å². The van der Waals surface area contributed by atoms with Crippen LogP contribution in [0, 0.1) is 0 Å². The van der Waals surface area contributed by atoms with Gasteiger partial charge in [-0.05, 0) is 53.3 Å². The summed E-state index contributed by atoms with van der Waals surface area (Å²) in [4.78, 5) is 25.1. The third kappa shape index (κ3) is 5.15.